The topological polar surface area (TPSA) is 73.7 Å². The predicted octanol–water partition coefficient (Wildman–Crippen LogP) is 2.14. The normalized spacial score (nSPS) is 26.8. The van der Waals surface area contributed by atoms with Gasteiger partial charge in [0, 0.05) is 30.9 Å². The van der Waals surface area contributed by atoms with Gasteiger partial charge in [-0.1, -0.05) is 12.1 Å². The lowest BCUT2D eigenvalue weighted by atomic mass is 9.97. The van der Waals surface area contributed by atoms with Crippen molar-refractivity contribution in [3.8, 4) is 11.3 Å². The first-order valence-corrected chi connectivity index (χ1v) is 9.86. The number of pyridine rings is 1. The second kappa shape index (κ2) is 6.78. The number of fused-ring (bicyclic) bond motifs is 2. The highest BCUT2D eigenvalue weighted by Crippen LogP contribution is 2.41. The molecule has 4 rings (SSSR count). The lowest BCUT2D eigenvalue weighted by molar-refractivity contribution is -0.150. The van der Waals surface area contributed by atoms with Gasteiger partial charge in [0.2, 0.25) is 0 Å². The first-order chi connectivity index (χ1) is 12.9. The summed E-state index contributed by atoms with van der Waals surface area (Å²) in [5, 5.41) is 9.86. The summed E-state index contributed by atoms with van der Waals surface area (Å²) in [4.78, 5) is 18.8. The lowest BCUT2D eigenvalue weighted by Crippen LogP contribution is -2.64. The van der Waals surface area contributed by atoms with Gasteiger partial charge in [-0.05, 0) is 44.2 Å². The van der Waals surface area contributed by atoms with E-state index < -0.39 is 22.5 Å². The van der Waals surface area contributed by atoms with E-state index in [2.05, 4.69) is 4.98 Å². The van der Waals surface area contributed by atoms with Crippen LogP contribution in [0, 0.1) is 5.82 Å². The van der Waals surface area contributed by atoms with Crippen LogP contribution in [0.5, 0.6) is 0 Å². The van der Waals surface area contributed by atoms with Gasteiger partial charge in [0.25, 0.3) is 0 Å². The quantitative estimate of drug-likeness (QED) is 0.867. The number of carboxylic acid groups (broad SMARTS) is 1. The molecule has 2 bridgehead atoms. The van der Waals surface area contributed by atoms with Crippen LogP contribution in [0.4, 0.5) is 4.39 Å². The number of hydrogen-bond acceptors (Lipinski definition) is 4. The van der Waals surface area contributed by atoms with Crippen LogP contribution in [0.2, 0.25) is 0 Å². The van der Waals surface area contributed by atoms with Gasteiger partial charge in [-0.2, -0.15) is 4.31 Å². The molecule has 3 unspecified atom stereocenters. The summed E-state index contributed by atoms with van der Waals surface area (Å²) in [5.41, 5.74) is 0.0718. The van der Waals surface area contributed by atoms with E-state index in [1.165, 1.54) is 18.3 Å². The maximum absolute atomic E-state index is 13.4. The fourth-order valence-electron chi connectivity index (χ4n) is 4.15. The zero-order valence-corrected chi connectivity index (χ0v) is 15.7. The van der Waals surface area contributed by atoms with Gasteiger partial charge in [0.05, 0.1) is 10.6 Å². The van der Waals surface area contributed by atoms with E-state index in [1.54, 1.807) is 28.6 Å². The van der Waals surface area contributed by atoms with Crippen molar-refractivity contribution >= 4 is 17.0 Å². The fourth-order valence-corrected chi connectivity index (χ4v) is 5.69. The van der Waals surface area contributed by atoms with Crippen LogP contribution in [-0.4, -0.2) is 61.2 Å². The van der Waals surface area contributed by atoms with Crippen LogP contribution in [0.3, 0.4) is 0 Å². The maximum atomic E-state index is 13.4. The van der Waals surface area contributed by atoms with Crippen molar-refractivity contribution in [2.45, 2.75) is 29.3 Å². The maximum Gasteiger partial charge on any atom is 0.326 e. The first kappa shape index (κ1) is 18.2. The first-order valence-electron chi connectivity index (χ1n) is 8.76. The van der Waals surface area contributed by atoms with Gasteiger partial charge in [0.1, 0.15) is 22.3 Å². The van der Waals surface area contributed by atoms with E-state index in [-0.39, 0.29) is 11.9 Å². The molecule has 2 saturated heterocycles. The Labute approximate surface area is 159 Å². The molecule has 0 spiro atoms. The molecule has 8 heteroatoms. The van der Waals surface area contributed by atoms with Crippen molar-refractivity contribution in [3.05, 3.63) is 48.4 Å². The summed E-state index contributed by atoms with van der Waals surface area (Å²) in [5.74, 6) is -1.28. The number of piperazine rings is 1. The minimum absolute atomic E-state index is 0.0661. The summed E-state index contributed by atoms with van der Waals surface area (Å²) < 4.78 is 28.3. The highest BCUT2D eigenvalue weighted by atomic mass is 32.2. The Bertz CT molecular complexity index is 907. The highest BCUT2D eigenvalue weighted by Gasteiger charge is 2.58. The molecule has 2 aliphatic heterocycles. The molecule has 3 heterocycles. The molecule has 2 aromatic rings. The Kier molecular flexibility index (Phi) is 4.57. The molecule has 27 heavy (non-hydrogen) atoms. The number of likely N-dealkylation sites (N-methyl/N-ethyl adjacent to an activating group) is 1. The molecular formula is C19H20FN3O3S. The number of rotatable bonds is 4. The predicted molar refractivity (Wildman–Crippen MR) is 98.8 cm³/mol. The van der Waals surface area contributed by atoms with Crippen LogP contribution in [0.15, 0.2) is 47.5 Å². The number of carboxylic acids is 1. The van der Waals surface area contributed by atoms with Crippen LogP contribution < -0.4 is 0 Å². The van der Waals surface area contributed by atoms with Crippen LogP contribution in [0.25, 0.3) is 11.3 Å². The Morgan fingerprint density at radius 1 is 1.37 bits per heavy atom. The van der Waals surface area contributed by atoms with Gasteiger partial charge in [-0.15, -0.1) is 0 Å². The van der Waals surface area contributed by atoms with Gasteiger partial charge in [-0.25, -0.2) is 8.60 Å². The number of benzene rings is 1. The fraction of sp³-hybridized carbons (Fsp3) is 0.368. The number of aliphatic carboxylic acids is 1. The standard InChI is InChI=1S/C19H20FN3O3S/c1-22-11-15-7-8-19(12-22,18(24)25)23(15)27(26)16-5-6-17(21-10-16)13-3-2-4-14(20)9-13/h2-6,9-10,15H,7-8,11-12H2,1H3,(H,24,25). The largest absolute Gasteiger partial charge is 0.480 e. The van der Waals surface area contributed by atoms with Crippen molar-refractivity contribution in [2.24, 2.45) is 0 Å². The van der Waals surface area contributed by atoms with Gasteiger partial charge < -0.3 is 10.0 Å². The van der Waals surface area contributed by atoms with Gasteiger partial charge >= 0.3 is 5.97 Å². The SMILES string of the molecule is CN1CC2CCC(C(=O)O)(C1)N2S(=O)c1ccc(-c2cccc(F)c2)nc1. The summed E-state index contributed by atoms with van der Waals surface area (Å²) >= 11 is 0. The third-order valence-corrected chi connectivity index (χ3v) is 6.98. The third-order valence-electron chi connectivity index (χ3n) is 5.33. The minimum atomic E-state index is -1.62. The van der Waals surface area contributed by atoms with Crippen molar-refractivity contribution in [1.29, 1.82) is 0 Å². The van der Waals surface area contributed by atoms with Gasteiger partial charge in [-0.3, -0.25) is 9.78 Å². The molecule has 6 nitrogen and oxygen atoms in total. The second-order valence-corrected chi connectivity index (χ2v) is 8.55. The number of carbonyl (C=O) groups is 1. The van der Waals surface area contributed by atoms with E-state index in [0.717, 1.165) is 0 Å². The summed E-state index contributed by atoms with van der Waals surface area (Å²) in [7, 11) is 0.272. The number of likely N-dealkylation sites (tertiary alicyclic amines) is 1. The van der Waals surface area contributed by atoms with E-state index >= 15 is 0 Å². The van der Waals surface area contributed by atoms with Crippen LogP contribution in [0.1, 0.15) is 12.8 Å². The summed E-state index contributed by atoms with van der Waals surface area (Å²) in [6.45, 7) is 1.04. The van der Waals surface area contributed by atoms with Crippen molar-refractivity contribution in [3.63, 3.8) is 0 Å². The summed E-state index contributed by atoms with van der Waals surface area (Å²) in [6.07, 6.45) is 2.68. The summed E-state index contributed by atoms with van der Waals surface area (Å²) in [6, 6.07) is 9.41. The molecule has 0 amide bonds. The Balaban J connectivity index is 1.64. The van der Waals surface area contributed by atoms with E-state index in [4.69, 9.17) is 0 Å². The number of hydrogen-bond donors (Lipinski definition) is 1. The molecule has 3 atom stereocenters. The van der Waals surface area contributed by atoms with E-state index in [9.17, 15) is 18.5 Å². The molecule has 2 fully saturated rings. The monoisotopic (exact) mass is 389 g/mol. The second-order valence-electron chi connectivity index (χ2n) is 7.19. The average Bonchev–Trinajstić information content (AvgIpc) is 2.90. The smallest absolute Gasteiger partial charge is 0.326 e. The molecular weight excluding hydrogens is 369 g/mol. The molecule has 0 saturated carbocycles. The van der Waals surface area contributed by atoms with Crippen LogP contribution >= 0.6 is 0 Å². The number of halogens is 1. The lowest BCUT2D eigenvalue weighted by Gasteiger charge is -2.44. The Morgan fingerprint density at radius 3 is 2.85 bits per heavy atom. The Morgan fingerprint density at radius 2 is 2.19 bits per heavy atom. The molecule has 1 aromatic carbocycles. The zero-order chi connectivity index (χ0) is 19.2. The third kappa shape index (κ3) is 3.07. The van der Waals surface area contributed by atoms with Crippen LogP contribution in [-0.2, 0) is 15.8 Å². The highest BCUT2D eigenvalue weighted by molar-refractivity contribution is 7.82. The van der Waals surface area contributed by atoms with E-state index in [0.29, 0.717) is 42.1 Å². The van der Waals surface area contributed by atoms with Crippen molar-refractivity contribution in [1.82, 2.24) is 14.2 Å². The molecule has 142 valence electrons. The van der Waals surface area contributed by atoms with E-state index in [1.807, 2.05) is 11.9 Å². The molecule has 0 aliphatic carbocycles. The molecule has 1 N–H and O–H groups in total. The van der Waals surface area contributed by atoms with Gasteiger partial charge in [0.15, 0.2) is 0 Å². The molecule has 1 aromatic heterocycles. The zero-order valence-electron chi connectivity index (χ0n) is 14.8. The Hall–Kier alpha value is -2.16. The molecule has 0 radical (unpaired) electrons. The van der Waals surface area contributed by atoms with Crippen molar-refractivity contribution < 1.29 is 18.5 Å². The molecule has 2 aliphatic rings. The average molecular weight is 389 g/mol. The number of nitrogens with zero attached hydrogens (tertiary/aromatic N) is 3. The number of aromatic nitrogens is 1. The minimum Gasteiger partial charge on any atom is -0.480 e. The van der Waals surface area contributed by atoms with Crippen molar-refractivity contribution in [2.75, 3.05) is 20.1 Å².